The van der Waals surface area contributed by atoms with Crippen LogP contribution in [-0.4, -0.2) is 40.0 Å². The highest BCUT2D eigenvalue weighted by molar-refractivity contribution is 5.83. The molecule has 1 rings (SSSR count). The van der Waals surface area contributed by atoms with Gasteiger partial charge in [-0.05, 0) is 18.9 Å². The van der Waals surface area contributed by atoms with Gasteiger partial charge in [-0.3, -0.25) is 9.59 Å². The van der Waals surface area contributed by atoms with Crippen molar-refractivity contribution < 1.29 is 14.7 Å². The van der Waals surface area contributed by atoms with Gasteiger partial charge in [-0.15, -0.1) is 0 Å². The van der Waals surface area contributed by atoms with E-state index in [9.17, 15) is 9.59 Å². The highest BCUT2D eigenvalue weighted by atomic mass is 16.4. The van der Waals surface area contributed by atoms with E-state index >= 15 is 0 Å². The Bertz CT molecular complexity index is 474. The smallest absolute Gasteiger partial charge is 0.322 e. The lowest BCUT2D eigenvalue weighted by atomic mass is 10.1. The number of aliphatic carboxylic acids is 1. The minimum absolute atomic E-state index is 0.0612. The molecule has 1 heterocycles. The minimum atomic E-state index is -1.08. The summed E-state index contributed by atoms with van der Waals surface area (Å²) < 4.78 is 0. The van der Waals surface area contributed by atoms with Crippen molar-refractivity contribution in [1.82, 2.24) is 15.3 Å². The van der Waals surface area contributed by atoms with Gasteiger partial charge in [0.2, 0.25) is 11.9 Å². The Hall–Kier alpha value is -2.18. The van der Waals surface area contributed by atoms with Crippen LogP contribution >= 0.6 is 0 Å². The Kier molecular flexibility index (Phi) is 5.23. The van der Waals surface area contributed by atoms with E-state index in [0.29, 0.717) is 5.95 Å². The van der Waals surface area contributed by atoms with E-state index in [1.54, 1.807) is 0 Å². The van der Waals surface area contributed by atoms with Gasteiger partial charge in [0.15, 0.2) is 0 Å². The monoisotopic (exact) mass is 266 g/mol. The first-order valence-electron chi connectivity index (χ1n) is 5.96. The number of amides is 1. The molecule has 1 aromatic rings. The summed E-state index contributed by atoms with van der Waals surface area (Å²) in [6, 6.07) is 1.89. The van der Waals surface area contributed by atoms with Gasteiger partial charge in [0, 0.05) is 11.4 Å². The van der Waals surface area contributed by atoms with Crippen molar-refractivity contribution in [3.63, 3.8) is 0 Å². The second kappa shape index (κ2) is 6.67. The van der Waals surface area contributed by atoms with Crippen LogP contribution in [0.4, 0.5) is 5.95 Å². The molecule has 3 N–H and O–H groups in total. The number of carbonyl (C=O) groups is 2. The number of rotatable bonds is 6. The first kappa shape index (κ1) is 14.9. The van der Waals surface area contributed by atoms with Crippen LogP contribution in [0.5, 0.6) is 0 Å². The second-order valence-electron chi connectivity index (χ2n) is 4.44. The largest absolute Gasteiger partial charge is 0.480 e. The molecule has 104 valence electrons. The summed E-state index contributed by atoms with van der Waals surface area (Å²) in [4.78, 5) is 30.1. The fourth-order valence-electron chi connectivity index (χ4n) is 1.36. The van der Waals surface area contributed by atoms with Gasteiger partial charge in [-0.2, -0.15) is 0 Å². The lowest BCUT2D eigenvalue weighted by Crippen LogP contribution is -2.34. The lowest BCUT2D eigenvalue weighted by Gasteiger charge is -2.09. The summed E-state index contributed by atoms with van der Waals surface area (Å²) in [6.07, 6.45) is 0. The first-order valence-corrected chi connectivity index (χ1v) is 5.96. The molecule has 1 amide bonds. The van der Waals surface area contributed by atoms with Crippen LogP contribution in [-0.2, 0) is 9.59 Å². The second-order valence-corrected chi connectivity index (χ2v) is 4.44. The number of hydrogen-bond donors (Lipinski definition) is 3. The molecule has 0 aliphatic heterocycles. The Morgan fingerprint density at radius 1 is 1.32 bits per heavy atom. The van der Waals surface area contributed by atoms with Gasteiger partial charge in [-0.1, -0.05) is 13.8 Å². The third-order valence-electron chi connectivity index (χ3n) is 2.31. The quantitative estimate of drug-likeness (QED) is 0.693. The zero-order chi connectivity index (χ0) is 14.4. The number of hydrogen-bond acceptors (Lipinski definition) is 5. The van der Waals surface area contributed by atoms with Crippen LogP contribution < -0.4 is 10.6 Å². The normalized spacial score (nSPS) is 10.3. The molecule has 19 heavy (non-hydrogen) atoms. The molecule has 1 aromatic heterocycles. The van der Waals surface area contributed by atoms with E-state index in [4.69, 9.17) is 5.11 Å². The van der Waals surface area contributed by atoms with E-state index in [-0.39, 0.29) is 12.5 Å². The third-order valence-corrected chi connectivity index (χ3v) is 2.31. The van der Waals surface area contributed by atoms with E-state index in [2.05, 4.69) is 20.6 Å². The van der Waals surface area contributed by atoms with Crippen LogP contribution in [0.3, 0.4) is 0 Å². The molecule has 0 unspecified atom stereocenters. The van der Waals surface area contributed by atoms with Gasteiger partial charge >= 0.3 is 5.97 Å². The van der Waals surface area contributed by atoms with Crippen molar-refractivity contribution in [2.24, 2.45) is 0 Å². The Balaban J connectivity index is 2.57. The van der Waals surface area contributed by atoms with Crippen molar-refractivity contribution in [3.05, 3.63) is 17.5 Å². The van der Waals surface area contributed by atoms with E-state index in [0.717, 1.165) is 11.4 Å². The summed E-state index contributed by atoms with van der Waals surface area (Å²) in [6.45, 7) is 5.43. The fourth-order valence-corrected chi connectivity index (χ4v) is 1.36. The van der Waals surface area contributed by atoms with Crippen LogP contribution in [0.1, 0.15) is 31.2 Å². The molecule has 0 saturated carbocycles. The van der Waals surface area contributed by atoms with E-state index in [1.165, 1.54) is 0 Å². The number of aryl methyl sites for hydroxylation is 1. The summed E-state index contributed by atoms with van der Waals surface area (Å²) in [5, 5.41) is 13.4. The Morgan fingerprint density at radius 2 is 2.00 bits per heavy atom. The summed E-state index contributed by atoms with van der Waals surface area (Å²) in [5.41, 5.74) is 1.70. The minimum Gasteiger partial charge on any atom is -0.480 e. The molecule has 0 atom stereocenters. The summed E-state index contributed by atoms with van der Waals surface area (Å²) in [5.74, 6) is -0.863. The molecule has 0 saturated heterocycles. The van der Waals surface area contributed by atoms with Crippen molar-refractivity contribution in [3.8, 4) is 0 Å². The molecule has 0 spiro atoms. The number of carbonyl (C=O) groups excluding carboxylic acids is 1. The maximum Gasteiger partial charge on any atom is 0.322 e. The predicted octanol–water partition coefficient (Wildman–Crippen LogP) is 0.521. The van der Waals surface area contributed by atoms with Gasteiger partial charge in [0.25, 0.3) is 0 Å². The zero-order valence-corrected chi connectivity index (χ0v) is 11.2. The average Bonchev–Trinajstić information content (AvgIpc) is 2.33. The maximum absolute atomic E-state index is 11.3. The number of anilines is 1. The van der Waals surface area contributed by atoms with Crippen LogP contribution in [0, 0.1) is 6.92 Å². The van der Waals surface area contributed by atoms with Crippen LogP contribution in [0.25, 0.3) is 0 Å². The van der Waals surface area contributed by atoms with Crippen molar-refractivity contribution >= 4 is 17.8 Å². The van der Waals surface area contributed by atoms with Gasteiger partial charge in [0.05, 0.1) is 6.54 Å². The van der Waals surface area contributed by atoms with E-state index in [1.807, 2.05) is 26.8 Å². The van der Waals surface area contributed by atoms with Gasteiger partial charge < -0.3 is 15.7 Å². The third kappa shape index (κ3) is 5.33. The predicted molar refractivity (Wildman–Crippen MR) is 70.0 cm³/mol. The number of carboxylic acids is 1. The van der Waals surface area contributed by atoms with E-state index < -0.39 is 18.4 Å². The van der Waals surface area contributed by atoms with Crippen LogP contribution in [0.2, 0.25) is 0 Å². The number of nitrogens with zero attached hydrogens (tertiary/aromatic N) is 2. The standard InChI is InChI=1S/C12H18N4O3/c1-7(2)9-4-8(3)15-12(16-9)14-5-10(17)13-6-11(18)19/h4,7H,5-6H2,1-3H3,(H,13,17)(H,18,19)(H,14,15,16). The summed E-state index contributed by atoms with van der Waals surface area (Å²) in [7, 11) is 0. The Morgan fingerprint density at radius 3 is 2.58 bits per heavy atom. The maximum atomic E-state index is 11.3. The average molecular weight is 266 g/mol. The van der Waals surface area contributed by atoms with Gasteiger partial charge in [0.1, 0.15) is 6.54 Å². The number of carboxylic acid groups (broad SMARTS) is 1. The topological polar surface area (TPSA) is 104 Å². The molecule has 0 aromatic carbocycles. The number of nitrogens with one attached hydrogen (secondary N) is 2. The lowest BCUT2D eigenvalue weighted by molar-refractivity contribution is -0.137. The first-order chi connectivity index (χ1) is 8.88. The van der Waals surface area contributed by atoms with Crippen molar-refractivity contribution in [2.45, 2.75) is 26.7 Å². The molecule has 0 radical (unpaired) electrons. The molecular weight excluding hydrogens is 248 g/mol. The highest BCUT2D eigenvalue weighted by Crippen LogP contribution is 2.14. The van der Waals surface area contributed by atoms with Crippen LogP contribution in [0.15, 0.2) is 6.07 Å². The molecule has 0 aliphatic carbocycles. The molecule has 0 aliphatic rings. The molecule has 0 bridgehead atoms. The molecule has 7 nitrogen and oxygen atoms in total. The molecule has 0 fully saturated rings. The summed E-state index contributed by atoms with van der Waals surface area (Å²) >= 11 is 0. The van der Waals surface area contributed by atoms with Crippen molar-refractivity contribution in [2.75, 3.05) is 18.4 Å². The molecule has 7 heteroatoms. The SMILES string of the molecule is Cc1cc(C(C)C)nc(NCC(=O)NCC(=O)O)n1. The zero-order valence-electron chi connectivity index (χ0n) is 11.2. The fraction of sp³-hybridized carbons (Fsp3) is 0.500. The number of aromatic nitrogens is 2. The van der Waals surface area contributed by atoms with Gasteiger partial charge in [-0.25, -0.2) is 9.97 Å². The Labute approximate surface area is 111 Å². The molecular formula is C12H18N4O3. The van der Waals surface area contributed by atoms with Crippen molar-refractivity contribution in [1.29, 1.82) is 0 Å². The highest BCUT2D eigenvalue weighted by Gasteiger charge is 2.08.